The Bertz CT molecular complexity index is 647. The highest BCUT2D eigenvalue weighted by Gasteiger charge is 2.18. The van der Waals surface area contributed by atoms with Crippen LogP contribution < -0.4 is 10.5 Å². The van der Waals surface area contributed by atoms with Gasteiger partial charge in [0.25, 0.3) is 0 Å². The number of aliphatic hydroxyl groups is 1. The molecule has 0 amide bonds. The van der Waals surface area contributed by atoms with Crippen LogP contribution in [0, 0.1) is 6.92 Å². The quantitative estimate of drug-likeness (QED) is 0.756. The molecule has 0 aliphatic heterocycles. The molecule has 2 aromatic heterocycles. The van der Waals surface area contributed by atoms with Crippen LogP contribution >= 0.6 is 0 Å². The van der Waals surface area contributed by atoms with E-state index in [9.17, 15) is 5.11 Å². The van der Waals surface area contributed by atoms with E-state index in [1.54, 1.807) is 6.92 Å². The second kappa shape index (κ2) is 7.31. The summed E-state index contributed by atoms with van der Waals surface area (Å²) in [5, 5.41) is 10.2. The molecule has 3 N–H and O–H groups in total. The van der Waals surface area contributed by atoms with Gasteiger partial charge in [-0.15, -0.1) is 0 Å². The van der Waals surface area contributed by atoms with Crippen LogP contribution in [0.5, 0.6) is 5.88 Å². The lowest BCUT2D eigenvalue weighted by molar-refractivity contribution is 0.161. The first kappa shape index (κ1) is 16.4. The van der Waals surface area contributed by atoms with E-state index >= 15 is 0 Å². The van der Waals surface area contributed by atoms with E-state index in [1.165, 1.54) is 0 Å². The minimum absolute atomic E-state index is 0.106. The van der Waals surface area contributed by atoms with Crippen LogP contribution in [0.2, 0.25) is 0 Å². The molecule has 0 bridgehead atoms. The average molecular weight is 305 g/mol. The van der Waals surface area contributed by atoms with Crippen molar-refractivity contribution in [1.29, 1.82) is 0 Å². The van der Waals surface area contributed by atoms with Gasteiger partial charge in [-0.1, -0.05) is 26.7 Å². The van der Waals surface area contributed by atoms with Crippen molar-refractivity contribution in [2.75, 3.05) is 12.3 Å². The number of hydrogen-bond donors (Lipinski definition) is 2. The molecule has 7 nitrogen and oxygen atoms in total. The fraction of sp³-hybridized carbons (Fsp3) is 0.600. The summed E-state index contributed by atoms with van der Waals surface area (Å²) in [6.07, 6.45) is 2.77. The number of hydrogen-bond acceptors (Lipinski definition) is 7. The van der Waals surface area contributed by atoms with E-state index < -0.39 is 6.10 Å². The molecule has 0 saturated carbocycles. The maximum atomic E-state index is 10.2. The summed E-state index contributed by atoms with van der Waals surface area (Å²) < 4.78 is 5.66. The molecule has 1 atom stereocenters. The molecule has 22 heavy (non-hydrogen) atoms. The number of aromatic nitrogens is 4. The van der Waals surface area contributed by atoms with Gasteiger partial charge in [-0.3, -0.25) is 0 Å². The molecular formula is C15H23N5O2. The summed E-state index contributed by atoms with van der Waals surface area (Å²) in [4.78, 5) is 17.1. The normalized spacial score (nSPS) is 12.5. The Balaban J connectivity index is 2.47. The van der Waals surface area contributed by atoms with Crippen LogP contribution in [0.4, 0.5) is 5.95 Å². The number of anilines is 1. The molecule has 0 aliphatic carbocycles. The minimum atomic E-state index is -0.650. The van der Waals surface area contributed by atoms with Crippen LogP contribution in [0.3, 0.4) is 0 Å². The smallest absolute Gasteiger partial charge is 0.247 e. The second-order valence-electron chi connectivity index (χ2n) is 5.26. The van der Waals surface area contributed by atoms with Crippen molar-refractivity contribution in [3.8, 4) is 5.88 Å². The highest BCUT2D eigenvalue weighted by atomic mass is 16.5. The third-order valence-corrected chi connectivity index (χ3v) is 3.34. The van der Waals surface area contributed by atoms with Gasteiger partial charge in [0.1, 0.15) is 0 Å². The van der Waals surface area contributed by atoms with Gasteiger partial charge in [-0.25, -0.2) is 9.97 Å². The van der Waals surface area contributed by atoms with Crippen molar-refractivity contribution >= 4 is 17.1 Å². The first-order chi connectivity index (χ1) is 10.6. The van der Waals surface area contributed by atoms with Gasteiger partial charge < -0.3 is 15.6 Å². The Labute approximate surface area is 130 Å². The number of nitrogen functional groups attached to an aromatic ring is 1. The fourth-order valence-electron chi connectivity index (χ4n) is 2.17. The minimum Gasteiger partial charge on any atom is -0.476 e. The van der Waals surface area contributed by atoms with Gasteiger partial charge in [0.05, 0.1) is 24.1 Å². The molecule has 0 saturated heterocycles. The van der Waals surface area contributed by atoms with E-state index in [4.69, 9.17) is 10.5 Å². The predicted octanol–water partition coefficient (Wildman–Crippen LogP) is 2.32. The molecule has 2 rings (SSSR count). The lowest BCUT2D eigenvalue weighted by Gasteiger charge is -2.13. The number of nitrogens with zero attached hydrogens (tertiary/aromatic N) is 4. The molecule has 7 heteroatoms. The second-order valence-corrected chi connectivity index (χ2v) is 5.26. The molecule has 0 spiro atoms. The number of fused-ring (bicyclic) bond motifs is 1. The summed E-state index contributed by atoms with van der Waals surface area (Å²) in [7, 11) is 0. The number of ether oxygens (including phenoxy) is 1. The van der Waals surface area contributed by atoms with Gasteiger partial charge in [-0.2, -0.15) is 9.97 Å². The summed E-state index contributed by atoms with van der Waals surface area (Å²) in [5.74, 6) is 0.433. The van der Waals surface area contributed by atoms with Crippen molar-refractivity contribution in [2.24, 2.45) is 0 Å². The number of unbranched alkanes of at least 4 members (excludes halogenated alkanes) is 1. The molecule has 120 valence electrons. The van der Waals surface area contributed by atoms with Gasteiger partial charge in [0, 0.05) is 0 Å². The largest absolute Gasteiger partial charge is 0.476 e. The van der Waals surface area contributed by atoms with E-state index in [0.29, 0.717) is 41.5 Å². The summed E-state index contributed by atoms with van der Waals surface area (Å²) >= 11 is 0. The highest BCUT2D eigenvalue weighted by molar-refractivity contribution is 5.77. The van der Waals surface area contributed by atoms with E-state index in [2.05, 4.69) is 26.9 Å². The monoisotopic (exact) mass is 305 g/mol. The van der Waals surface area contributed by atoms with Gasteiger partial charge >= 0.3 is 0 Å². The Kier molecular flexibility index (Phi) is 5.43. The molecule has 0 aliphatic rings. The SMILES string of the molecule is CCCCOc1nc(N)nc2nc(C)c(C(O)CCC)nc12. The number of aliphatic hydroxyl groups excluding tert-OH is 1. The highest BCUT2D eigenvalue weighted by Crippen LogP contribution is 2.25. The Morgan fingerprint density at radius 2 is 1.91 bits per heavy atom. The Morgan fingerprint density at radius 1 is 1.14 bits per heavy atom. The zero-order valence-corrected chi connectivity index (χ0v) is 13.3. The molecule has 0 radical (unpaired) electrons. The van der Waals surface area contributed by atoms with E-state index in [1.807, 2.05) is 6.92 Å². The van der Waals surface area contributed by atoms with Crippen molar-refractivity contribution in [3.63, 3.8) is 0 Å². The lowest BCUT2D eigenvalue weighted by atomic mass is 10.1. The standard InChI is InChI=1S/C15H23N5O2/c1-4-6-8-22-14-12-13(19-15(16)20-14)17-9(3)11(18-12)10(21)7-5-2/h10,21H,4-8H2,1-3H3,(H2,16,17,19,20). The predicted molar refractivity (Wildman–Crippen MR) is 84.5 cm³/mol. The fourth-order valence-corrected chi connectivity index (χ4v) is 2.17. The lowest BCUT2D eigenvalue weighted by Crippen LogP contribution is -2.10. The van der Waals surface area contributed by atoms with Gasteiger partial charge in [-0.05, 0) is 19.8 Å². The molecule has 1 unspecified atom stereocenters. The maximum absolute atomic E-state index is 10.2. The summed E-state index contributed by atoms with van der Waals surface area (Å²) in [6, 6.07) is 0. The molecule has 0 fully saturated rings. The molecule has 0 aromatic carbocycles. The number of rotatable bonds is 7. The van der Waals surface area contributed by atoms with Crippen LogP contribution in [0.25, 0.3) is 11.2 Å². The maximum Gasteiger partial charge on any atom is 0.247 e. The van der Waals surface area contributed by atoms with Crippen LogP contribution in [0.15, 0.2) is 0 Å². The zero-order chi connectivity index (χ0) is 16.1. The van der Waals surface area contributed by atoms with E-state index in [-0.39, 0.29) is 5.95 Å². The third kappa shape index (κ3) is 3.59. The topological polar surface area (TPSA) is 107 Å². The van der Waals surface area contributed by atoms with Crippen LogP contribution in [-0.2, 0) is 0 Å². The number of aryl methyl sites for hydroxylation is 1. The number of nitrogens with two attached hydrogens (primary N) is 1. The van der Waals surface area contributed by atoms with Crippen molar-refractivity contribution in [2.45, 2.75) is 52.6 Å². The molecule has 2 heterocycles. The first-order valence-corrected chi connectivity index (χ1v) is 7.69. The first-order valence-electron chi connectivity index (χ1n) is 7.69. The van der Waals surface area contributed by atoms with Gasteiger partial charge in [0.2, 0.25) is 11.8 Å². The zero-order valence-electron chi connectivity index (χ0n) is 13.3. The Morgan fingerprint density at radius 3 is 2.59 bits per heavy atom. The van der Waals surface area contributed by atoms with Crippen molar-refractivity contribution < 1.29 is 9.84 Å². The Hall–Kier alpha value is -2.02. The van der Waals surface area contributed by atoms with Crippen molar-refractivity contribution in [1.82, 2.24) is 19.9 Å². The van der Waals surface area contributed by atoms with Crippen molar-refractivity contribution in [3.05, 3.63) is 11.4 Å². The third-order valence-electron chi connectivity index (χ3n) is 3.34. The summed E-state index contributed by atoms with van der Waals surface area (Å²) in [6.45, 7) is 6.43. The summed E-state index contributed by atoms with van der Waals surface area (Å²) in [5.41, 5.74) is 7.73. The van der Waals surface area contributed by atoms with Gasteiger partial charge in [0.15, 0.2) is 11.2 Å². The molecule has 2 aromatic rings. The average Bonchev–Trinajstić information content (AvgIpc) is 2.46. The van der Waals surface area contributed by atoms with E-state index in [0.717, 1.165) is 19.3 Å². The molecular weight excluding hydrogens is 282 g/mol. The van der Waals surface area contributed by atoms with Crippen LogP contribution in [-0.4, -0.2) is 31.6 Å². The van der Waals surface area contributed by atoms with Crippen LogP contribution in [0.1, 0.15) is 57.0 Å².